The zero-order valence-corrected chi connectivity index (χ0v) is 9.43. The van der Waals surface area contributed by atoms with E-state index in [-0.39, 0.29) is 12.4 Å². The molecule has 0 aliphatic carbocycles. The van der Waals surface area contributed by atoms with Gasteiger partial charge in [0.05, 0.1) is 0 Å². The van der Waals surface area contributed by atoms with Crippen LogP contribution < -0.4 is 5.73 Å². The monoisotopic (exact) mass is 237 g/mol. The summed E-state index contributed by atoms with van der Waals surface area (Å²) in [6, 6.07) is 5.30. The maximum Gasteiger partial charge on any atom is 0.165 e. The van der Waals surface area contributed by atoms with E-state index in [4.69, 9.17) is 5.73 Å². The van der Waals surface area contributed by atoms with Crippen molar-refractivity contribution in [2.45, 2.75) is 17.5 Å². The quantitative estimate of drug-likeness (QED) is 0.802. The van der Waals surface area contributed by atoms with Crippen molar-refractivity contribution in [3.63, 3.8) is 0 Å². The van der Waals surface area contributed by atoms with E-state index in [1.165, 1.54) is 11.8 Å². The Morgan fingerprint density at radius 2 is 2.19 bits per heavy atom. The third kappa shape index (κ3) is 2.43. The number of hydrogen-bond donors (Lipinski definition) is 2. The normalized spacial score (nSPS) is 10.6. The third-order valence-electron chi connectivity index (χ3n) is 2.22. The number of thioether (sulfide) groups is 1. The van der Waals surface area contributed by atoms with Crippen molar-refractivity contribution in [1.29, 1.82) is 0 Å². The Hall–Kier alpha value is -1.33. The minimum Gasteiger partial charge on any atom is -0.340 e. The summed E-state index contributed by atoms with van der Waals surface area (Å²) >= 11 is 1.47. The lowest BCUT2D eigenvalue weighted by Crippen LogP contribution is -2.02. The van der Waals surface area contributed by atoms with Gasteiger partial charge in [0, 0.05) is 30.3 Å². The van der Waals surface area contributed by atoms with E-state index in [9.17, 15) is 4.39 Å². The molecule has 3 nitrogen and oxygen atoms in total. The molecular formula is C11H12FN3S. The average Bonchev–Trinajstić information content (AvgIpc) is 2.81. The molecule has 0 amide bonds. The van der Waals surface area contributed by atoms with Crippen molar-refractivity contribution in [3.8, 4) is 0 Å². The summed E-state index contributed by atoms with van der Waals surface area (Å²) in [5, 5.41) is 0.789. The van der Waals surface area contributed by atoms with E-state index in [1.54, 1.807) is 24.5 Å². The minimum absolute atomic E-state index is 0.205. The van der Waals surface area contributed by atoms with Crippen LogP contribution in [0.15, 0.2) is 35.7 Å². The van der Waals surface area contributed by atoms with Crippen LogP contribution in [0.25, 0.3) is 0 Å². The van der Waals surface area contributed by atoms with Crippen molar-refractivity contribution in [3.05, 3.63) is 47.5 Å². The minimum atomic E-state index is -0.205. The number of nitrogens with zero attached hydrogens (tertiary/aromatic N) is 1. The molecule has 1 heterocycles. The summed E-state index contributed by atoms with van der Waals surface area (Å²) in [4.78, 5) is 7.02. The van der Waals surface area contributed by atoms with Crippen LogP contribution in [0.4, 0.5) is 4.39 Å². The predicted molar refractivity (Wildman–Crippen MR) is 62.4 cm³/mol. The van der Waals surface area contributed by atoms with Gasteiger partial charge in [-0.05, 0) is 5.56 Å². The first kappa shape index (κ1) is 11.2. The Morgan fingerprint density at radius 3 is 2.88 bits per heavy atom. The maximum atomic E-state index is 13.8. The Bertz CT molecular complexity index is 456. The van der Waals surface area contributed by atoms with Crippen LogP contribution in [-0.2, 0) is 12.3 Å². The van der Waals surface area contributed by atoms with Gasteiger partial charge >= 0.3 is 0 Å². The van der Waals surface area contributed by atoms with Gasteiger partial charge in [0.1, 0.15) is 5.82 Å². The lowest BCUT2D eigenvalue weighted by molar-refractivity contribution is 0.600. The van der Waals surface area contributed by atoms with Crippen LogP contribution in [0.1, 0.15) is 11.1 Å². The highest BCUT2D eigenvalue weighted by Crippen LogP contribution is 2.22. The smallest absolute Gasteiger partial charge is 0.165 e. The highest BCUT2D eigenvalue weighted by Gasteiger charge is 2.07. The van der Waals surface area contributed by atoms with Gasteiger partial charge in [-0.1, -0.05) is 30.0 Å². The summed E-state index contributed by atoms with van der Waals surface area (Å²) in [5.41, 5.74) is 6.66. The van der Waals surface area contributed by atoms with Gasteiger partial charge in [0.15, 0.2) is 5.16 Å². The Kier molecular flexibility index (Phi) is 3.58. The van der Waals surface area contributed by atoms with Crippen molar-refractivity contribution >= 4 is 11.8 Å². The highest BCUT2D eigenvalue weighted by molar-refractivity contribution is 7.98. The first-order valence-corrected chi connectivity index (χ1v) is 5.88. The van der Waals surface area contributed by atoms with E-state index < -0.39 is 0 Å². The lowest BCUT2D eigenvalue weighted by Gasteiger charge is -2.05. The summed E-state index contributed by atoms with van der Waals surface area (Å²) in [6.07, 6.45) is 3.42. The number of benzene rings is 1. The molecule has 0 atom stereocenters. The molecular weight excluding hydrogens is 225 g/mol. The van der Waals surface area contributed by atoms with Crippen molar-refractivity contribution < 1.29 is 4.39 Å². The molecule has 0 unspecified atom stereocenters. The molecule has 0 saturated heterocycles. The van der Waals surface area contributed by atoms with Crippen molar-refractivity contribution in [1.82, 2.24) is 9.97 Å². The summed E-state index contributed by atoms with van der Waals surface area (Å²) < 4.78 is 13.8. The third-order valence-corrected chi connectivity index (χ3v) is 3.17. The highest BCUT2D eigenvalue weighted by atomic mass is 32.2. The molecule has 5 heteroatoms. The largest absolute Gasteiger partial charge is 0.340 e. The number of rotatable bonds is 4. The van der Waals surface area contributed by atoms with E-state index in [2.05, 4.69) is 9.97 Å². The lowest BCUT2D eigenvalue weighted by atomic mass is 10.1. The topological polar surface area (TPSA) is 54.7 Å². The fraction of sp³-hybridized carbons (Fsp3) is 0.182. The van der Waals surface area contributed by atoms with Crippen molar-refractivity contribution in [2.75, 3.05) is 0 Å². The number of aromatic amines is 1. The van der Waals surface area contributed by atoms with Crippen LogP contribution >= 0.6 is 11.8 Å². The van der Waals surface area contributed by atoms with Gasteiger partial charge < -0.3 is 10.7 Å². The van der Waals surface area contributed by atoms with Gasteiger partial charge in [-0.15, -0.1) is 0 Å². The molecule has 3 N–H and O–H groups in total. The van der Waals surface area contributed by atoms with Gasteiger partial charge in [0.25, 0.3) is 0 Å². The zero-order valence-electron chi connectivity index (χ0n) is 8.61. The maximum absolute atomic E-state index is 13.8. The number of nitrogens with one attached hydrogen (secondary N) is 1. The van der Waals surface area contributed by atoms with E-state index in [0.29, 0.717) is 16.9 Å². The van der Waals surface area contributed by atoms with Crippen LogP contribution in [0, 0.1) is 5.82 Å². The standard InChI is InChI=1S/C11H12FN3S/c12-10-8(6-13)2-1-3-9(10)7-16-11-14-4-5-15-11/h1-5H,6-7,13H2,(H,14,15). The second kappa shape index (κ2) is 5.14. The van der Waals surface area contributed by atoms with E-state index in [1.807, 2.05) is 6.07 Å². The van der Waals surface area contributed by atoms with Crippen LogP contribution in [0.3, 0.4) is 0 Å². The number of hydrogen-bond acceptors (Lipinski definition) is 3. The summed E-state index contributed by atoms with van der Waals surface area (Å²) in [6.45, 7) is 0.227. The average molecular weight is 237 g/mol. The van der Waals surface area contributed by atoms with Crippen LogP contribution in [0.2, 0.25) is 0 Å². The molecule has 1 aromatic carbocycles. The molecule has 2 rings (SSSR count). The van der Waals surface area contributed by atoms with Gasteiger partial charge in [-0.25, -0.2) is 9.37 Å². The number of H-pyrrole nitrogens is 1. The zero-order chi connectivity index (χ0) is 11.4. The molecule has 0 bridgehead atoms. The van der Waals surface area contributed by atoms with E-state index in [0.717, 1.165) is 5.16 Å². The molecule has 2 aromatic rings. The van der Waals surface area contributed by atoms with Crippen LogP contribution in [-0.4, -0.2) is 9.97 Å². The molecule has 1 aromatic heterocycles. The second-order valence-electron chi connectivity index (χ2n) is 3.28. The molecule has 84 valence electrons. The molecule has 0 aliphatic rings. The Morgan fingerprint density at radius 1 is 1.38 bits per heavy atom. The molecule has 0 fully saturated rings. The van der Waals surface area contributed by atoms with Gasteiger partial charge in [-0.2, -0.15) is 0 Å². The molecule has 0 aliphatic heterocycles. The Balaban J connectivity index is 2.09. The number of nitrogens with two attached hydrogens (primary N) is 1. The van der Waals surface area contributed by atoms with Gasteiger partial charge in [0.2, 0.25) is 0 Å². The number of imidazole rings is 1. The Labute approximate surface area is 97.3 Å². The molecule has 0 spiro atoms. The number of halogens is 1. The molecule has 0 saturated carbocycles. The summed E-state index contributed by atoms with van der Waals surface area (Å²) in [5.74, 6) is 0.344. The first-order chi connectivity index (χ1) is 7.81. The first-order valence-electron chi connectivity index (χ1n) is 4.89. The van der Waals surface area contributed by atoms with Gasteiger partial charge in [-0.3, -0.25) is 0 Å². The predicted octanol–water partition coefficient (Wildman–Crippen LogP) is 2.30. The SMILES string of the molecule is NCc1cccc(CSc2ncc[nH]2)c1F. The summed E-state index contributed by atoms with van der Waals surface area (Å²) in [7, 11) is 0. The molecule has 0 radical (unpaired) electrons. The number of aromatic nitrogens is 2. The molecule has 16 heavy (non-hydrogen) atoms. The fourth-order valence-corrected chi connectivity index (χ4v) is 2.18. The van der Waals surface area contributed by atoms with Crippen molar-refractivity contribution in [2.24, 2.45) is 5.73 Å². The van der Waals surface area contributed by atoms with Crippen LogP contribution in [0.5, 0.6) is 0 Å². The fourth-order valence-electron chi connectivity index (χ4n) is 1.38. The second-order valence-corrected chi connectivity index (χ2v) is 4.24. The van der Waals surface area contributed by atoms with E-state index >= 15 is 0 Å².